The van der Waals surface area contributed by atoms with Gasteiger partial charge < -0.3 is 20.0 Å². The van der Waals surface area contributed by atoms with Gasteiger partial charge in [-0.3, -0.25) is 0 Å². The number of carbonyl (C=O) groups excluding carboxylic acids is 1. The molecule has 0 aliphatic carbocycles. The van der Waals surface area contributed by atoms with Gasteiger partial charge in [-0.1, -0.05) is 6.08 Å². The number of carboxylic acids is 1. The van der Waals surface area contributed by atoms with E-state index in [1.165, 1.54) is 0 Å². The SMILES string of the molecule is O=C([O-])/C=C/CO[O-]. The van der Waals surface area contributed by atoms with E-state index in [0.29, 0.717) is 0 Å². The zero-order valence-corrected chi connectivity index (χ0v) is 3.99. The summed E-state index contributed by atoms with van der Waals surface area (Å²) in [6.07, 6.45) is 1.79. The Morgan fingerprint density at radius 3 is 2.75 bits per heavy atom. The lowest BCUT2D eigenvalue weighted by Gasteiger charge is -1.99. The highest BCUT2D eigenvalue weighted by atomic mass is 17.1. The Hall–Kier alpha value is -0.870. The zero-order valence-electron chi connectivity index (χ0n) is 3.99. The van der Waals surface area contributed by atoms with Crippen molar-refractivity contribution in [1.82, 2.24) is 0 Å². The first-order valence-corrected chi connectivity index (χ1v) is 1.89. The summed E-state index contributed by atoms with van der Waals surface area (Å²) in [4.78, 5) is 12.8. The van der Waals surface area contributed by atoms with Crippen molar-refractivity contribution >= 4 is 5.97 Å². The highest BCUT2D eigenvalue weighted by Crippen LogP contribution is 1.67. The van der Waals surface area contributed by atoms with Crippen molar-refractivity contribution in [2.24, 2.45) is 0 Å². The summed E-state index contributed by atoms with van der Waals surface area (Å²) in [6.45, 7) is -0.242. The molecule has 4 heteroatoms. The maximum absolute atomic E-state index is 9.52. The maximum Gasteiger partial charge on any atom is 0.0640 e. The summed E-state index contributed by atoms with van der Waals surface area (Å²) in [6, 6.07) is 0. The highest BCUT2D eigenvalue weighted by Gasteiger charge is 1.68. The minimum Gasteiger partial charge on any atom is -0.723 e. The van der Waals surface area contributed by atoms with Crippen LogP contribution in [0.3, 0.4) is 0 Å². The zero-order chi connectivity index (χ0) is 6.41. The Balaban J connectivity index is 3.20. The minimum atomic E-state index is -1.33. The van der Waals surface area contributed by atoms with Gasteiger partial charge in [0.15, 0.2) is 0 Å². The Labute approximate surface area is 45.9 Å². The Bertz CT molecular complexity index is 96.2. The van der Waals surface area contributed by atoms with Crippen LogP contribution in [-0.2, 0) is 9.68 Å². The summed E-state index contributed by atoms with van der Waals surface area (Å²) < 4.78 is 0. The third-order valence-electron chi connectivity index (χ3n) is 0.418. The van der Waals surface area contributed by atoms with Crippen LogP contribution in [0.2, 0.25) is 0 Å². The minimum absolute atomic E-state index is 0.242. The number of hydrogen-bond acceptors (Lipinski definition) is 4. The number of aliphatic carboxylic acids is 1. The molecule has 0 saturated heterocycles. The summed E-state index contributed by atoms with van der Waals surface area (Å²) in [7, 11) is 0. The molecule has 0 amide bonds. The van der Waals surface area contributed by atoms with Crippen molar-refractivity contribution in [3.8, 4) is 0 Å². The normalized spacial score (nSPS) is 10.1. The first-order chi connectivity index (χ1) is 3.77. The standard InChI is InChI=1S/C4H6O4/c5-4(6)2-1-3-8-7/h1-2,7H,3H2,(H,5,6)/p-2/b2-1+. The van der Waals surface area contributed by atoms with Gasteiger partial charge in [0, 0.05) is 0 Å². The molecule has 0 N–H and O–H groups in total. The van der Waals surface area contributed by atoms with Crippen LogP contribution < -0.4 is 10.4 Å². The lowest BCUT2D eigenvalue weighted by atomic mass is 10.5. The molecule has 0 radical (unpaired) electrons. The fraction of sp³-hybridized carbons (Fsp3) is 0.250. The molecule has 4 nitrogen and oxygen atoms in total. The van der Waals surface area contributed by atoms with Crippen molar-refractivity contribution < 1.29 is 20.0 Å². The number of carbonyl (C=O) groups is 1. The molecule has 0 aliphatic rings. The van der Waals surface area contributed by atoms with E-state index in [2.05, 4.69) is 4.89 Å². The van der Waals surface area contributed by atoms with E-state index < -0.39 is 5.97 Å². The molecule has 46 valence electrons. The van der Waals surface area contributed by atoms with Crippen LogP contribution in [0.25, 0.3) is 0 Å². The molecule has 0 saturated carbocycles. The van der Waals surface area contributed by atoms with Crippen LogP contribution in [0.5, 0.6) is 0 Å². The van der Waals surface area contributed by atoms with Gasteiger partial charge in [0.05, 0.1) is 12.6 Å². The van der Waals surface area contributed by atoms with Crippen molar-refractivity contribution in [3.05, 3.63) is 12.2 Å². The van der Waals surface area contributed by atoms with Gasteiger partial charge in [-0.05, 0) is 6.08 Å². The molecule has 0 aliphatic heterocycles. The summed E-state index contributed by atoms with van der Waals surface area (Å²) in [5.74, 6) is -1.33. The quantitative estimate of drug-likeness (QED) is 0.234. The summed E-state index contributed by atoms with van der Waals surface area (Å²) >= 11 is 0. The smallest absolute Gasteiger partial charge is 0.0640 e. The second-order valence-corrected chi connectivity index (χ2v) is 1.01. The summed E-state index contributed by atoms with van der Waals surface area (Å²) in [5, 5.41) is 18.7. The van der Waals surface area contributed by atoms with E-state index >= 15 is 0 Å². The molecule has 0 aromatic rings. The first-order valence-electron chi connectivity index (χ1n) is 1.89. The summed E-state index contributed by atoms with van der Waals surface area (Å²) in [5.41, 5.74) is 0. The second kappa shape index (κ2) is 4.29. The lowest BCUT2D eigenvalue weighted by Crippen LogP contribution is -2.19. The molecule has 0 heterocycles. The predicted molar refractivity (Wildman–Crippen MR) is 20.1 cm³/mol. The molecular weight excluding hydrogens is 112 g/mol. The Morgan fingerprint density at radius 2 is 2.38 bits per heavy atom. The number of rotatable bonds is 3. The van der Waals surface area contributed by atoms with Crippen LogP contribution in [0.4, 0.5) is 0 Å². The van der Waals surface area contributed by atoms with Crippen molar-refractivity contribution in [2.75, 3.05) is 6.61 Å². The van der Waals surface area contributed by atoms with Crippen LogP contribution in [0.1, 0.15) is 0 Å². The van der Waals surface area contributed by atoms with Gasteiger partial charge in [0.2, 0.25) is 0 Å². The molecule has 0 bridgehead atoms. The predicted octanol–water partition coefficient (Wildman–Crippen LogP) is -2.42. The molecule has 0 atom stereocenters. The van der Waals surface area contributed by atoms with Gasteiger partial charge in [0.1, 0.15) is 0 Å². The maximum atomic E-state index is 9.52. The van der Waals surface area contributed by atoms with E-state index in [9.17, 15) is 9.90 Å². The average molecular weight is 116 g/mol. The lowest BCUT2D eigenvalue weighted by molar-refractivity contribution is -0.686. The van der Waals surface area contributed by atoms with Gasteiger partial charge in [-0.2, -0.15) is 0 Å². The molecule has 0 aromatic carbocycles. The molecular formula is C4H4O4-2. The van der Waals surface area contributed by atoms with Gasteiger partial charge in [-0.25, -0.2) is 0 Å². The van der Waals surface area contributed by atoms with Crippen molar-refractivity contribution in [3.63, 3.8) is 0 Å². The highest BCUT2D eigenvalue weighted by molar-refractivity contribution is 5.77. The largest absolute Gasteiger partial charge is 0.723 e. The Morgan fingerprint density at radius 1 is 1.75 bits per heavy atom. The average Bonchev–Trinajstić information content (AvgIpc) is 1.66. The third-order valence-corrected chi connectivity index (χ3v) is 0.418. The molecule has 0 fully saturated rings. The third kappa shape index (κ3) is 5.13. The molecule has 0 aromatic heterocycles. The fourth-order valence-corrected chi connectivity index (χ4v) is 0.184. The molecule has 8 heavy (non-hydrogen) atoms. The number of hydrogen-bond donors (Lipinski definition) is 0. The van der Waals surface area contributed by atoms with Crippen molar-refractivity contribution in [2.45, 2.75) is 0 Å². The molecule has 0 rings (SSSR count). The van der Waals surface area contributed by atoms with Gasteiger partial charge in [-0.15, -0.1) is 0 Å². The van der Waals surface area contributed by atoms with E-state index in [1.807, 2.05) is 0 Å². The molecule has 0 unspecified atom stereocenters. The monoisotopic (exact) mass is 116 g/mol. The van der Waals surface area contributed by atoms with Crippen LogP contribution in [0, 0.1) is 0 Å². The first kappa shape index (κ1) is 7.13. The van der Waals surface area contributed by atoms with Crippen LogP contribution in [-0.4, -0.2) is 12.6 Å². The van der Waals surface area contributed by atoms with E-state index in [4.69, 9.17) is 5.26 Å². The van der Waals surface area contributed by atoms with Crippen LogP contribution in [0.15, 0.2) is 12.2 Å². The van der Waals surface area contributed by atoms with Crippen LogP contribution >= 0.6 is 0 Å². The number of carboxylic acid groups (broad SMARTS) is 1. The molecule has 0 spiro atoms. The van der Waals surface area contributed by atoms with E-state index in [1.54, 1.807) is 0 Å². The van der Waals surface area contributed by atoms with Gasteiger partial charge in [0.25, 0.3) is 0 Å². The van der Waals surface area contributed by atoms with Gasteiger partial charge >= 0.3 is 0 Å². The van der Waals surface area contributed by atoms with E-state index in [-0.39, 0.29) is 6.61 Å². The fourth-order valence-electron chi connectivity index (χ4n) is 0.184. The van der Waals surface area contributed by atoms with Crippen molar-refractivity contribution in [1.29, 1.82) is 0 Å². The second-order valence-electron chi connectivity index (χ2n) is 1.01. The topological polar surface area (TPSA) is 72.4 Å². The van der Waals surface area contributed by atoms with E-state index in [0.717, 1.165) is 12.2 Å². The Kier molecular flexibility index (Phi) is 3.83.